The lowest BCUT2D eigenvalue weighted by Crippen LogP contribution is -2.43. The molecule has 3 rings (SSSR count). The number of likely N-dealkylation sites (tertiary alicyclic amines) is 1. The van der Waals surface area contributed by atoms with Gasteiger partial charge in [-0.05, 0) is 58.1 Å². The molecule has 1 aromatic carbocycles. The molecule has 0 unspecified atom stereocenters. The molecule has 1 N–H and O–H groups in total. The van der Waals surface area contributed by atoms with Crippen molar-refractivity contribution >= 4 is 17.3 Å². The quantitative estimate of drug-likeness (QED) is 0.830. The molecule has 0 radical (unpaired) electrons. The average Bonchev–Trinajstić information content (AvgIpc) is 2.67. The van der Waals surface area contributed by atoms with E-state index in [9.17, 15) is 4.79 Å². The largest absolute Gasteiger partial charge is 0.497 e. The molecule has 0 spiro atoms. The average molecular weight is 383 g/mol. The SMILES string of the molecule is COc1cccc(Nc2cc(C)nc([C@@H]3CCCN(C(=O)CN(C)C)C3)c2)c1. The molecular weight excluding hydrogens is 352 g/mol. The minimum atomic E-state index is 0.192. The number of benzene rings is 1. The molecule has 0 aliphatic carbocycles. The van der Waals surface area contributed by atoms with E-state index < -0.39 is 0 Å². The molecule has 28 heavy (non-hydrogen) atoms. The molecule has 1 aliphatic heterocycles. The molecule has 2 heterocycles. The summed E-state index contributed by atoms with van der Waals surface area (Å²) in [6.45, 7) is 4.04. The monoisotopic (exact) mass is 382 g/mol. The van der Waals surface area contributed by atoms with Gasteiger partial charge in [-0.15, -0.1) is 0 Å². The number of nitrogens with zero attached hydrogens (tertiary/aromatic N) is 3. The molecule has 6 heteroatoms. The van der Waals surface area contributed by atoms with Crippen molar-refractivity contribution in [3.8, 4) is 5.75 Å². The van der Waals surface area contributed by atoms with Crippen LogP contribution in [0, 0.1) is 6.92 Å². The van der Waals surface area contributed by atoms with Gasteiger partial charge in [-0.2, -0.15) is 0 Å². The lowest BCUT2D eigenvalue weighted by molar-refractivity contribution is -0.133. The Morgan fingerprint density at radius 1 is 1.29 bits per heavy atom. The number of carbonyl (C=O) groups is 1. The number of ether oxygens (including phenoxy) is 1. The van der Waals surface area contributed by atoms with Crippen molar-refractivity contribution in [3.05, 3.63) is 47.8 Å². The number of piperidine rings is 1. The van der Waals surface area contributed by atoms with Crippen LogP contribution in [0.2, 0.25) is 0 Å². The highest BCUT2D eigenvalue weighted by molar-refractivity contribution is 5.78. The highest BCUT2D eigenvalue weighted by Crippen LogP contribution is 2.29. The fraction of sp³-hybridized carbons (Fsp3) is 0.455. The fourth-order valence-electron chi connectivity index (χ4n) is 3.66. The van der Waals surface area contributed by atoms with Crippen molar-refractivity contribution in [2.75, 3.05) is 46.2 Å². The van der Waals surface area contributed by atoms with Gasteiger partial charge in [0.1, 0.15) is 5.75 Å². The molecule has 1 amide bonds. The van der Waals surface area contributed by atoms with Crippen molar-refractivity contribution in [2.24, 2.45) is 0 Å². The first-order valence-corrected chi connectivity index (χ1v) is 9.77. The van der Waals surface area contributed by atoms with Gasteiger partial charge >= 0.3 is 0 Å². The number of hydrogen-bond donors (Lipinski definition) is 1. The van der Waals surface area contributed by atoms with Gasteiger partial charge in [-0.1, -0.05) is 6.07 Å². The van der Waals surface area contributed by atoms with Crippen LogP contribution in [0.4, 0.5) is 11.4 Å². The number of rotatable bonds is 6. The number of amides is 1. The molecule has 150 valence electrons. The van der Waals surface area contributed by atoms with Gasteiger partial charge in [0.25, 0.3) is 0 Å². The molecular formula is C22H30N4O2. The highest BCUT2D eigenvalue weighted by Gasteiger charge is 2.26. The number of carbonyl (C=O) groups excluding carboxylic acids is 1. The second-order valence-electron chi connectivity index (χ2n) is 7.70. The van der Waals surface area contributed by atoms with Crippen LogP contribution in [0.5, 0.6) is 5.75 Å². The summed E-state index contributed by atoms with van der Waals surface area (Å²) >= 11 is 0. The van der Waals surface area contributed by atoms with E-state index in [2.05, 4.69) is 11.4 Å². The number of anilines is 2. The van der Waals surface area contributed by atoms with Crippen LogP contribution >= 0.6 is 0 Å². The summed E-state index contributed by atoms with van der Waals surface area (Å²) in [5.74, 6) is 1.28. The zero-order chi connectivity index (χ0) is 20.1. The smallest absolute Gasteiger partial charge is 0.236 e. The van der Waals surface area contributed by atoms with Gasteiger partial charge in [-0.3, -0.25) is 9.78 Å². The molecule has 6 nitrogen and oxygen atoms in total. The van der Waals surface area contributed by atoms with Crippen LogP contribution in [0.25, 0.3) is 0 Å². The second kappa shape index (κ2) is 9.06. The molecule has 0 saturated carbocycles. The standard InChI is InChI=1S/C22H30N4O2/c1-16-11-19(24-18-8-5-9-20(12-18)28-4)13-21(23-16)17-7-6-10-26(14-17)22(27)15-25(2)3/h5,8-9,11-13,17H,6-7,10,14-15H2,1-4H3,(H,23,24)/t17-/m1/s1. The van der Waals surface area contributed by atoms with E-state index in [1.807, 2.05) is 61.2 Å². The number of aryl methyl sites for hydroxylation is 1. The fourth-order valence-corrected chi connectivity index (χ4v) is 3.66. The van der Waals surface area contributed by atoms with Crippen LogP contribution in [0.3, 0.4) is 0 Å². The summed E-state index contributed by atoms with van der Waals surface area (Å²) in [6, 6.07) is 12.0. The number of nitrogens with one attached hydrogen (secondary N) is 1. The predicted molar refractivity (Wildman–Crippen MR) is 112 cm³/mol. The minimum absolute atomic E-state index is 0.192. The first kappa shape index (κ1) is 20.1. The normalized spacial score (nSPS) is 16.9. The third-order valence-electron chi connectivity index (χ3n) is 4.98. The summed E-state index contributed by atoms with van der Waals surface area (Å²) in [6.07, 6.45) is 2.07. The van der Waals surface area contributed by atoms with Crippen LogP contribution in [-0.2, 0) is 4.79 Å². The van der Waals surface area contributed by atoms with Crippen molar-refractivity contribution in [1.29, 1.82) is 0 Å². The Kier molecular flexibility index (Phi) is 6.52. The van der Waals surface area contributed by atoms with Crippen molar-refractivity contribution in [3.63, 3.8) is 0 Å². The molecule has 0 bridgehead atoms. The van der Waals surface area contributed by atoms with E-state index in [1.165, 1.54) is 0 Å². The summed E-state index contributed by atoms with van der Waals surface area (Å²) in [5.41, 5.74) is 4.00. The number of hydrogen-bond acceptors (Lipinski definition) is 5. The van der Waals surface area contributed by atoms with E-state index in [-0.39, 0.29) is 11.8 Å². The Hall–Kier alpha value is -2.60. The zero-order valence-electron chi connectivity index (χ0n) is 17.2. The third kappa shape index (κ3) is 5.23. The van der Waals surface area contributed by atoms with Gasteiger partial charge in [0.15, 0.2) is 0 Å². The van der Waals surface area contributed by atoms with E-state index in [1.54, 1.807) is 7.11 Å². The third-order valence-corrected chi connectivity index (χ3v) is 4.98. The maximum atomic E-state index is 12.5. The van der Waals surface area contributed by atoms with Crippen molar-refractivity contribution in [2.45, 2.75) is 25.7 Å². The van der Waals surface area contributed by atoms with Gasteiger partial charge < -0.3 is 19.9 Å². The second-order valence-corrected chi connectivity index (χ2v) is 7.70. The van der Waals surface area contributed by atoms with Gasteiger partial charge in [0.05, 0.1) is 13.7 Å². The maximum absolute atomic E-state index is 12.5. The van der Waals surface area contributed by atoms with Crippen LogP contribution in [0.15, 0.2) is 36.4 Å². The lowest BCUT2D eigenvalue weighted by atomic mass is 9.93. The predicted octanol–water partition coefficient (Wildman–Crippen LogP) is 3.41. The van der Waals surface area contributed by atoms with E-state index in [0.717, 1.165) is 54.4 Å². The maximum Gasteiger partial charge on any atom is 0.236 e. The Morgan fingerprint density at radius 2 is 2.11 bits per heavy atom. The van der Waals surface area contributed by atoms with Gasteiger partial charge in [0.2, 0.25) is 5.91 Å². The van der Waals surface area contributed by atoms with Crippen molar-refractivity contribution < 1.29 is 9.53 Å². The lowest BCUT2D eigenvalue weighted by Gasteiger charge is -2.33. The minimum Gasteiger partial charge on any atom is -0.497 e. The molecule has 1 saturated heterocycles. The van der Waals surface area contributed by atoms with Crippen LogP contribution in [-0.4, -0.2) is 61.5 Å². The molecule has 1 fully saturated rings. The van der Waals surface area contributed by atoms with E-state index in [4.69, 9.17) is 9.72 Å². The highest BCUT2D eigenvalue weighted by atomic mass is 16.5. The Bertz CT molecular complexity index is 822. The van der Waals surface area contributed by atoms with Gasteiger partial charge in [0, 0.05) is 47.8 Å². The molecule has 1 aromatic heterocycles. The molecule has 1 aliphatic rings. The molecule has 2 aromatic rings. The molecule has 1 atom stereocenters. The zero-order valence-corrected chi connectivity index (χ0v) is 17.2. The summed E-state index contributed by atoms with van der Waals surface area (Å²) in [4.78, 5) is 21.1. The topological polar surface area (TPSA) is 57.7 Å². The van der Waals surface area contributed by atoms with Crippen LogP contribution < -0.4 is 10.1 Å². The van der Waals surface area contributed by atoms with Crippen molar-refractivity contribution in [1.82, 2.24) is 14.8 Å². The number of aromatic nitrogens is 1. The number of pyridine rings is 1. The van der Waals surface area contributed by atoms with E-state index in [0.29, 0.717) is 6.54 Å². The first-order chi connectivity index (χ1) is 13.4. The van der Waals surface area contributed by atoms with Gasteiger partial charge in [-0.25, -0.2) is 0 Å². The van der Waals surface area contributed by atoms with E-state index >= 15 is 0 Å². The number of likely N-dealkylation sites (N-methyl/N-ethyl adjacent to an activating group) is 1. The Balaban J connectivity index is 1.76. The number of methoxy groups -OCH3 is 1. The Morgan fingerprint density at radius 3 is 2.86 bits per heavy atom. The summed E-state index contributed by atoms with van der Waals surface area (Å²) in [7, 11) is 5.52. The Labute approximate surface area is 167 Å². The summed E-state index contributed by atoms with van der Waals surface area (Å²) in [5, 5.41) is 3.45. The summed E-state index contributed by atoms with van der Waals surface area (Å²) < 4.78 is 5.30. The first-order valence-electron chi connectivity index (χ1n) is 9.77. The van der Waals surface area contributed by atoms with Crippen LogP contribution in [0.1, 0.15) is 30.1 Å².